The summed E-state index contributed by atoms with van der Waals surface area (Å²) in [6, 6.07) is 0. The molecular weight excluding hydrogens is 250 g/mol. The summed E-state index contributed by atoms with van der Waals surface area (Å²) in [5.74, 6) is 3.07. The fraction of sp³-hybridized carbons (Fsp3) is 0.941. The largest absolute Gasteiger partial charge is 0.450 e. The van der Waals surface area contributed by atoms with E-state index in [4.69, 9.17) is 4.74 Å². The Morgan fingerprint density at radius 1 is 1.15 bits per heavy atom. The maximum atomic E-state index is 11.4. The van der Waals surface area contributed by atoms with E-state index in [2.05, 4.69) is 5.32 Å². The molecule has 4 rings (SSSR count). The minimum absolute atomic E-state index is 0.239. The summed E-state index contributed by atoms with van der Waals surface area (Å²) in [6.07, 6.45) is 12.0. The van der Waals surface area contributed by atoms with Crippen LogP contribution in [0.2, 0.25) is 0 Å². The van der Waals surface area contributed by atoms with E-state index < -0.39 is 0 Å². The van der Waals surface area contributed by atoms with Gasteiger partial charge in [0, 0.05) is 6.54 Å². The first kappa shape index (κ1) is 14.2. The molecule has 0 radical (unpaired) electrons. The molecule has 4 saturated carbocycles. The van der Waals surface area contributed by atoms with E-state index in [1.807, 2.05) is 6.92 Å². The molecule has 4 aliphatic carbocycles. The zero-order chi connectivity index (χ0) is 14.0. The van der Waals surface area contributed by atoms with E-state index in [1.165, 1.54) is 44.9 Å². The third-order valence-corrected chi connectivity index (χ3v) is 5.77. The second-order valence-electron chi connectivity index (χ2n) is 7.58. The van der Waals surface area contributed by atoms with Gasteiger partial charge in [-0.25, -0.2) is 4.79 Å². The van der Waals surface area contributed by atoms with Crippen LogP contribution in [0.1, 0.15) is 64.7 Å². The van der Waals surface area contributed by atoms with Crippen LogP contribution in [0, 0.1) is 23.2 Å². The maximum absolute atomic E-state index is 11.4. The highest BCUT2D eigenvalue weighted by Crippen LogP contribution is 2.61. The summed E-state index contributed by atoms with van der Waals surface area (Å²) in [7, 11) is 0. The van der Waals surface area contributed by atoms with Gasteiger partial charge in [-0.2, -0.15) is 0 Å². The summed E-state index contributed by atoms with van der Waals surface area (Å²) in [5.41, 5.74) is 0.623. The van der Waals surface area contributed by atoms with Crippen molar-refractivity contribution in [1.29, 1.82) is 0 Å². The van der Waals surface area contributed by atoms with Crippen LogP contribution in [0.15, 0.2) is 0 Å². The van der Waals surface area contributed by atoms with Crippen molar-refractivity contribution >= 4 is 6.09 Å². The Morgan fingerprint density at radius 3 is 2.30 bits per heavy atom. The molecule has 4 fully saturated rings. The molecule has 0 atom stereocenters. The summed E-state index contributed by atoms with van der Waals surface area (Å²) in [5, 5.41) is 2.77. The molecule has 0 aromatic rings. The fourth-order valence-electron chi connectivity index (χ4n) is 5.49. The van der Waals surface area contributed by atoms with Crippen molar-refractivity contribution in [3.63, 3.8) is 0 Å². The van der Waals surface area contributed by atoms with Gasteiger partial charge >= 0.3 is 6.09 Å². The van der Waals surface area contributed by atoms with Gasteiger partial charge < -0.3 is 10.1 Å². The van der Waals surface area contributed by atoms with Crippen molar-refractivity contribution in [3.05, 3.63) is 0 Å². The molecule has 0 spiro atoms. The lowest BCUT2D eigenvalue weighted by atomic mass is 9.48. The van der Waals surface area contributed by atoms with E-state index in [-0.39, 0.29) is 6.09 Å². The number of rotatable bonds is 6. The number of alkyl carbamates (subject to hydrolysis) is 1. The van der Waals surface area contributed by atoms with Gasteiger partial charge in [-0.1, -0.05) is 6.92 Å². The lowest BCUT2D eigenvalue weighted by Crippen LogP contribution is -2.46. The Kier molecular flexibility index (Phi) is 4.23. The van der Waals surface area contributed by atoms with Crippen molar-refractivity contribution < 1.29 is 9.53 Å². The zero-order valence-corrected chi connectivity index (χ0v) is 12.8. The molecule has 3 heteroatoms. The van der Waals surface area contributed by atoms with Crippen LogP contribution >= 0.6 is 0 Å². The van der Waals surface area contributed by atoms with Gasteiger partial charge in [0.15, 0.2) is 0 Å². The molecule has 114 valence electrons. The van der Waals surface area contributed by atoms with Crippen LogP contribution in [0.5, 0.6) is 0 Å². The Labute approximate surface area is 122 Å². The highest BCUT2D eigenvalue weighted by molar-refractivity contribution is 5.66. The smallest absolute Gasteiger partial charge is 0.407 e. The molecule has 0 unspecified atom stereocenters. The first-order valence-electron chi connectivity index (χ1n) is 8.60. The molecule has 0 saturated heterocycles. The standard InChI is InChI=1S/C17H29NO2/c1-2-5-18-16(19)20-6-3-4-17-10-13-7-14(11-17)9-15(8-13)12-17/h13-15H,2-12H2,1H3,(H,18,19). The van der Waals surface area contributed by atoms with Crippen molar-refractivity contribution in [2.75, 3.05) is 13.2 Å². The van der Waals surface area contributed by atoms with Crippen molar-refractivity contribution in [2.24, 2.45) is 23.2 Å². The number of ether oxygens (including phenoxy) is 1. The lowest BCUT2D eigenvalue weighted by molar-refractivity contribution is -0.0598. The molecule has 1 N–H and O–H groups in total. The van der Waals surface area contributed by atoms with Crippen LogP contribution in [0.4, 0.5) is 4.79 Å². The van der Waals surface area contributed by atoms with E-state index >= 15 is 0 Å². The Hall–Kier alpha value is -0.730. The quantitative estimate of drug-likeness (QED) is 0.743. The van der Waals surface area contributed by atoms with Crippen LogP contribution < -0.4 is 5.32 Å². The fourth-order valence-corrected chi connectivity index (χ4v) is 5.49. The number of amides is 1. The minimum Gasteiger partial charge on any atom is -0.450 e. The SMILES string of the molecule is CCCNC(=O)OCCCC12CC3CC(CC(C3)C1)C2. The summed E-state index contributed by atoms with van der Waals surface area (Å²) in [6.45, 7) is 3.36. The monoisotopic (exact) mass is 279 g/mol. The van der Waals surface area contributed by atoms with Gasteiger partial charge in [0.1, 0.15) is 0 Å². The number of carbonyl (C=O) groups excluding carboxylic acids is 1. The number of hydrogen-bond donors (Lipinski definition) is 1. The first-order chi connectivity index (χ1) is 9.69. The minimum atomic E-state index is -0.239. The second kappa shape index (κ2) is 5.95. The molecule has 1 amide bonds. The molecule has 3 nitrogen and oxygen atoms in total. The van der Waals surface area contributed by atoms with E-state index in [0.29, 0.717) is 18.6 Å². The van der Waals surface area contributed by atoms with Gasteiger partial charge in [0.2, 0.25) is 0 Å². The number of nitrogens with one attached hydrogen (secondary N) is 1. The van der Waals surface area contributed by atoms with Gasteiger partial charge in [0.05, 0.1) is 6.61 Å². The Bertz CT molecular complexity index is 318. The van der Waals surface area contributed by atoms with E-state index in [9.17, 15) is 4.79 Å². The normalized spacial score (nSPS) is 38.0. The molecule has 20 heavy (non-hydrogen) atoms. The van der Waals surface area contributed by atoms with Gasteiger partial charge in [0.25, 0.3) is 0 Å². The summed E-state index contributed by atoms with van der Waals surface area (Å²) in [4.78, 5) is 11.4. The lowest BCUT2D eigenvalue weighted by Gasteiger charge is -2.57. The summed E-state index contributed by atoms with van der Waals surface area (Å²) >= 11 is 0. The van der Waals surface area contributed by atoms with Crippen molar-refractivity contribution in [3.8, 4) is 0 Å². The highest BCUT2D eigenvalue weighted by Gasteiger charge is 2.50. The molecular formula is C17H29NO2. The maximum Gasteiger partial charge on any atom is 0.407 e. The first-order valence-corrected chi connectivity index (χ1v) is 8.60. The third kappa shape index (κ3) is 3.12. The van der Waals surface area contributed by atoms with Gasteiger partial charge in [-0.3, -0.25) is 0 Å². The van der Waals surface area contributed by atoms with Crippen molar-refractivity contribution in [1.82, 2.24) is 5.32 Å². The molecule has 0 aromatic carbocycles. The molecule has 0 heterocycles. The number of hydrogen-bond acceptors (Lipinski definition) is 2. The van der Waals surface area contributed by atoms with Crippen LogP contribution in [-0.4, -0.2) is 19.2 Å². The van der Waals surface area contributed by atoms with Gasteiger partial charge in [-0.15, -0.1) is 0 Å². The Balaban J connectivity index is 1.39. The highest BCUT2D eigenvalue weighted by atomic mass is 16.5. The molecule has 4 bridgehead atoms. The summed E-state index contributed by atoms with van der Waals surface area (Å²) < 4.78 is 5.26. The van der Waals surface area contributed by atoms with E-state index in [0.717, 1.165) is 30.6 Å². The molecule has 4 aliphatic rings. The van der Waals surface area contributed by atoms with Crippen LogP contribution in [0.3, 0.4) is 0 Å². The number of carbonyl (C=O) groups is 1. The van der Waals surface area contributed by atoms with Gasteiger partial charge in [-0.05, 0) is 81.0 Å². The predicted octanol–water partition coefficient (Wildman–Crippen LogP) is 4.12. The third-order valence-electron chi connectivity index (χ3n) is 5.77. The van der Waals surface area contributed by atoms with Crippen LogP contribution in [0.25, 0.3) is 0 Å². The Morgan fingerprint density at radius 2 is 1.75 bits per heavy atom. The average molecular weight is 279 g/mol. The predicted molar refractivity (Wildman–Crippen MR) is 79.5 cm³/mol. The average Bonchev–Trinajstić information content (AvgIpc) is 2.40. The van der Waals surface area contributed by atoms with E-state index in [1.54, 1.807) is 0 Å². The second-order valence-corrected chi connectivity index (χ2v) is 7.58. The topological polar surface area (TPSA) is 38.3 Å². The molecule has 0 aliphatic heterocycles. The zero-order valence-electron chi connectivity index (χ0n) is 12.8. The van der Waals surface area contributed by atoms with Crippen LogP contribution in [-0.2, 0) is 4.74 Å². The molecule has 0 aromatic heterocycles. The van der Waals surface area contributed by atoms with Crippen molar-refractivity contribution in [2.45, 2.75) is 64.7 Å².